The van der Waals surface area contributed by atoms with Crippen LogP contribution in [0.15, 0.2) is 286 Å². The van der Waals surface area contributed by atoms with E-state index in [1.54, 1.807) is 12.3 Å². The summed E-state index contributed by atoms with van der Waals surface area (Å²) in [7, 11) is 0. The molecule has 3 heterocycles. The molecule has 0 aliphatic heterocycles. The smallest absolute Gasteiger partial charge is 0.305 e. The van der Waals surface area contributed by atoms with Gasteiger partial charge in [-0.1, -0.05) is 239 Å². The predicted molar refractivity (Wildman–Crippen MR) is 326 cm³/mol. The van der Waals surface area contributed by atoms with Crippen molar-refractivity contribution in [2.45, 2.75) is 6.85 Å². The van der Waals surface area contributed by atoms with Crippen LogP contribution in [0.2, 0.25) is 0 Å². The average molecular weight is 1200 g/mol. The molecule has 80 heavy (non-hydrogen) atoms. The van der Waals surface area contributed by atoms with E-state index in [0.717, 1.165) is 117 Å². The molecule has 4 heteroatoms. The van der Waals surface area contributed by atoms with Gasteiger partial charge in [0.1, 0.15) is 0 Å². The van der Waals surface area contributed by atoms with E-state index in [2.05, 4.69) is 193 Å². The van der Waals surface area contributed by atoms with Gasteiger partial charge in [-0.15, -0.1) is 77.4 Å². The van der Waals surface area contributed by atoms with Crippen molar-refractivity contribution < 1.29 is 24.2 Å². The van der Waals surface area contributed by atoms with Crippen molar-refractivity contribution in [1.29, 1.82) is 0 Å². The third-order valence-electron chi connectivity index (χ3n) is 14.6. The molecule has 0 radical (unpaired) electrons. The van der Waals surface area contributed by atoms with Gasteiger partial charge in [0, 0.05) is 28.3 Å². The van der Waals surface area contributed by atoms with Gasteiger partial charge in [-0.2, -0.15) is 0 Å². The topological polar surface area (TPSA) is 38.7 Å². The fraction of sp³-hybridized carbons (Fsp3) is 0.0132. The van der Waals surface area contributed by atoms with Crippen LogP contribution in [0, 0.1) is 25.1 Å². The van der Waals surface area contributed by atoms with Crippen LogP contribution in [-0.2, 0) is 20.1 Å². The molecule has 13 aromatic rings. The van der Waals surface area contributed by atoms with E-state index >= 15 is 0 Å². The van der Waals surface area contributed by atoms with Crippen LogP contribution in [0.4, 0.5) is 0 Å². The van der Waals surface area contributed by atoms with Crippen molar-refractivity contribution in [2.24, 2.45) is 0 Å². The molecule has 0 fully saturated rings. The summed E-state index contributed by atoms with van der Waals surface area (Å²) in [5.74, 6) is 0. The maximum absolute atomic E-state index is 8.61. The van der Waals surface area contributed by atoms with Crippen LogP contribution in [-0.4, -0.2) is 15.0 Å². The van der Waals surface area contributed by atoms with Crippen molar-refractivity contribution in [3.8, 4) is 134 Å². The number of nitrogens with zero attached hydrogens (tertiary/aromatic N) is 3. The molecule has 13 rings (SSSR count). The third-order valence-corrected chi connectivity index (χ3v) is 14.6. The van der Waals surface area contributed by atoms with E-state index in [1.165, 1.54) is 0 Å². The Hall–Kier alpha value is -9.70. The summed E-state index contributed by atoms with van der Waals surface area (Å²) >= 11 is 0. The second-order valence-electron chi connectivity index (χ2n) is 19.4. The van der Waals surface area contributed by atoms with E-state index in [-0.39, 0.29) is 25.7 Å². The van der Waals surface area contributed by atoms with Crippen LogP contribution >= 0.6 is 0 Å². The van der Waals surface area contributed by atoms with Crippen LogP contribution in [0.25, 0.3) is 134 Å². The zero-order valence-corrected chi connectivity index (χ0v) is 45.7. The van der Waals surface area contributed by atoms with E-state index in [1.807, 2.05) is 103 Å². The second-order valence-corrected chi connectivity index (χ2v) is 19.4. The molecule has 378 valence electrons. The number of pyridine rings is 3. The Labute approximate surface area is 486 Å². The van der Waals surface area contributed by atoms with E-state index in [9.17, 15) is 0 Å². The molecule has 0 aliphatic carbocycles. The Kier molecular flexibility index (Phi) is 13.7. The van der Waals surface area contributed by atoms with Crippen molar-refractivity contribution >= 4 is 0 Å². The van der Waals surface area contributed by atoms with E-state index in [0.29, 0.717) is 16.8 Å². The molecule has 0 spiro atoms. The first-order valence-corrected chi connectivity index (χ1v) is 26.4. The average Bonchev–Trinajstić information content (AvgIpc) is 3.74. The Morgan fingerprint density at radius 3 is 1.12 bits per heavy atom. The summed E-state index contributed by atoms with van der Waals surface area (Å²) in [6.07, 6.45) is 5.31. The molecule has 0 saturated heterocycles. The molecule has 3 nitrogen and oxygen atoms in total. The largest absolute Gasteiger partial charge is 3.00 e. The molecule has 10 aromatic carbocycles. The maximum atomic E-state index is 8.61. The quantitative estimate of drug-likeness (QED) is 0.114. The van der Waals surface area contributed by atoms with Crippen molar-refractivity contribution in [2.75, 3.05) is 0 Å². The Morgan fingerprint density at radius 1 is 0.275 bits per heavy atom. The fourth-order valence-corrected chi connectivity index (χ4v) is 10.7. The van der Waals surface area contributed by atoms with Gasteiger partial charge in [-0.25, -0.2) is 0 Å². The minimum atomic E-state index is -2.38. The fourth-order valence-electron chi connectivity index (χ4n) is 10.7. The summed E-state index contributed by atoms with van der Waals surface area (Å²) in [6.45, 7) is -2.38. The van der Waals surface area contributed by atoms with Gasteiger partial charge in [-0.3, -0.25) is 0 Å². The van der Waals surface area contributed by atoms with Gasteiger partial charge < -0.3 is 15.0 Å². The monoisotopic (exact) mass is 1200 g/mol. The van der Waals surface area contributed by atoms with Crippen molar-refractivity contribution in [3.63, 3.8) is 0 Å². The minimum Gasteiger partial charge on any atom is -0.305 e. The standard InChI is InChI=1S/C76H50N3.Ir/c1-52-45-76(79-51-73(52)55-25-9-4-10-26-55)59-40-42-70(72(50-59)54-23-7-3-8-24-54)68-32-16-14-30-66(68)62-47-60(64-28-12-11-27-63(64)56-35-37-57(38-36-56)74-33-17-19-43-77-74)46-61(48-62)65-29-13-15-31-67(65)69-41-39-58(75-34-18-20-44-78-75)49-71(69)53-21-5-2-6-22-53;/h2-37,41-51H,1H3;/q-3;+3/i1D3;. The van der Waals surface area contributed by atoms with Gasteiger partial charge in [0.25, 0.3) is 0 Å². The van der Waals surface area contributed by atoms with Gasteiger partial charge in [-0.05, 0) is 110 Å². The van der Waals surface area contributed by atoms with E-state index in [4.69, 9.17) is 14.1 Å². The predicted octanol–water partition coefficient (Wildman–Crippen LogP) is 19.6. The van der Waals surface area contributed by atoms with Crippen molar-refractivity contribution in [1.82, 2.24) is 15.0 Å². The maximum Gasteiger partial charge on any atom is 3.00 e. The van der Waals surface area contributed by atoms with Gasteiger partial charge in [0.2, 0.25) is 0 Å². The molecule has 0 amide bonds. The van der Waals surface area contributed by atoms with Crippen molar-refractivity contribution in [3.05, 3.63) is 309 Å². The SMILES string of the molecule is [2H]C([2H])([2H])c1cc(-c2[c-]cc(-c3ccccc3-c3cc(-c4ccccc4-c4c[c-]c(-c5ccccn5)cc4)cc(-c4ccccc4-c4c[c-]c(-c5ccccn5)cc4-c4ccccc4)c3)c(-c3ccccc3)c2)ncc1-c1ccccc1.[Ir+3]. The van der Waals surface area contributed by atoms with E-state index < -0.39 is 6.85 Å². The second kappa shape index (κ2) is 23.1. The number of rotatable bonds is 12. The summed E-state index contributed by atoms with van der Waals surface area (Å²) < 4.78 is 25.8. The van der Waals surface area contributed by atoms with Crippen LogP contribution < -0.4 is 0 Å². The number of benzene rings is 10. The van der Waals surface area contributed by atoms with Crippen LogP contribution in [0.1, 0.15) is 9.68 Å². The molecular weight excluding hydrogens is 1150 g/mol. The van der Waals surface area contributed by atoms with Crippen LogP contribution in [0.3, 0.4) is 0 Å². The first-order chi connectivity index (χ1) is 40.3. The van der Waals surface area contributed by atoms with Gasteiger partial charge in [0.15, 0.2) is 0 Å². The molecule has 0 unspecified atom stereocenters. The zero-order valence-electron chi connectivity index (χ0n) is 46.3. The third kappa shape index (κ3) is 10.4. The number of aryl methyl sites for hydroxylation is 1. The van der Waals surface area contributed by atoms with Gasteiger partial charge >= 0.3 is 20.1 Å². The molecule has 0 atom stereocenters. The minimum absolute atomic E-state index is 0. The number of hydrogen-bond acceptors (Lipinski definition) is 3. The Morgan fingerprint density at radius 2 is 0.675 bits per heavy atom. The zero-order chi connectivity index (χ0) is 55.4. The number of aromatic nitrogens is 3. The van der Waals surface area contributed by atoms with Gasteiger partial charge in [0.05, 0.1) is 0 Å². The molecule has 3 aromatic heterocycles. The molecule has 0 aliphatic rings. The first-order valence-electron chi connectivity index (χ1n) is 27.9. The number of hydrogen-bond donors (Lipinski definition) is 0. The summed E-state index contributed by atoms with van der Waals surface area (Å²) in [6, 6.07) is 102. The molecule has 0 saturated carbocycles. The summed E-state index contributed by atoms with van der Waals surface area (Å²) in [4.78, 5) is 14.2. The Bertz CT molecular complexity index is 4400. The first kappa shape index (κ1) is 47.5. The van der Waals surface area contributed by atoms with Crippen LogP contribution in [0.5, 0.6) is 0 Å². The summed E-state index contributed by atoms with van der Waals surface area (Å²) in [5.41, 5.74) is 23.0. The normalized spacial score (nSPS) is 11.7. The molecule has 0 bridgehead atoms. The molecular formula is C76H50IrN3. The molecule has 0 N–H and O–H groups in total. The summed E-state index contributed by atoms with van der Waals surface area (Å²) in [5, 5.41) is 0. The Balaban J connectivity index is 0.00000680.